The fourth-order valence-electron chi connectivity index (χ4n) is 3.69. The number of fused-ring (bicyclic) bond motifs is 2. The summed E-state index contributed by atoms with van der Waals surface area (Å²) in [7, 11) is 0. The number of rotatable bonds is 4. The number of benzene rings is 2. The second kappa shape index (κ2) is 7.97. The van der Waals surface area contributed by atoms with Gasteiger partial charge in [-0.3, -0.25) is 4.79 Å². The molecule has 29 heavy (non-hydrogen) atoms. The number of aromatic amines is 1. The van der Waals surface area contributed by atoms with Crippen LogP contribution in [-0.4, -0.2) is 44.6 Å². The highest BCUT2D eigenvalue weighted by atomic mass is 35.5. The molecule has 1 fully saturated rings. The van der Waals surface area contributed by atoms with Crippen molar-refractivity contribution in [3.05, 3.63) is 52.5 Å². The Morgan fingerprint density at radius 1 is 1.17 bits per heavy atom. The van der Waals surface area contributed by atoms with Gasteiger partial charge in [0.05, 0.1) is 32.0 Å². The fourth-order valence-corrected chi connectivity index (χ4v) is 5.79. The first-order valence-corrected chi connectivity index (χ1v) is 11.7. The maximum Gasteiger partial charge on any atom is 0.233 e. The van der Waals surface area contributed by atoms with Crippen LogP contribution in [0.4, 0.5) is 0 Å². The lowest BCUT2D eigenvalue weighted by molar-refractivity contribution is -0.129. The number of likely N-dealkylation sites (tertiary alicyclic amines) is 1. The predicted octanol–water partition coefficient (Wildman–Crippen LogP) is 5.32. The lowest BCUT2D eigenvalue weighted by Gasteiger charge is -2.31. The van der Waals surface area contributed by atoms with Crippen LogP contribution in [0.5, 0.6) is 0 Å². The van der Waals surface area contributed by atoms with Crippen molar-refractivity contribution in [1.29, 1.82) is 0 Å². The Kier molecular flexibility index (Phi) is 5.20. The first-order chi connectivity index (χ1) is 14.2. The van der Waals surface area contributed by atoms with E-state index in [0.717, 1.165) is 47.6 Å². The van der Waals surface area contributed by atoms with Gasteiger partial charge in [-0.05, 0) is 43.2 Å². The lowest BCUT2D eigenvalue weighted by Crippen LogP contribution is -2.38. The smallest absolute Gasteiger partial charge is 0.233 e. The van der Waals surface area contributed by atoms with Crippen LogP contribution < -0.4 is 0 Å². The number of aromatic nitrogens is 3. The van der Waals surface area contributed by atoms with E-state index in [4.69, 9.17) is 16.6 Å². The third kappa shape index (κ3) is 3.99. The number of nitrogens with one attached hydrogen (secondary N) is 1. The number of hydrogen-bond acceptors (Lipinski definition) is 5. The van der Waals surface area contributed by atoms with Gasteiger partial charge in [0.1, 0.15) is 0 Å². The maximum absolute atomic E-state index is 12.7. The van der Waals surface area contributed by atoms with Gasteiger partial charge in [0.25, 0.3) is 0 Å². The molecule has 2 aromatic carbocycles. The largest absolute Gasteiger partial charge is 0.342 e. The van der Waals surface area contributed by atoms with Gasteiger partial charge in [0.2, 0.25) is 5.91 Å². The fraction of sp³-hybridized carbons (Fsp3) is 0.286. The molecule has 1 saturated heterocycles. The quantitative estimate of drug-likeness (QED) is 0.434. The first-order valence-electron chi connectivity index (χ1n) is 9.57. The van der Waals surface area contributed by atoms with E-state index in [1.165, 1.54) is 21.5 Å². The second-order valence-corrected chi connectivity index (χ2v) is 9.63. The summed E-state index contributed by atoms with van der Waals surface area (Å²) >= 11 is 9.24. The molecule has 148 valence electrons. The van der Waals surface area contributed by atoms with Crippen molar-refractivity contribution in [2.24, 2.45) is 0 Å². The van der Waals surface area contributed by atoms with Crippen molar-refractivity contribution in [3.8, 4) is 0 Å². The number of thiazole rings is 1. The normalized spacial score (nSPS) is 15.4. The average Bonchev–Trinajstić information content (AvgIpc) is 3.35. The predicted molar refractivity (Wildman–Crippen MR) is 120 cm³/mol. The van der Waals surface area contributed by atoms with E-state index in [1.807, 2.05) is 29.2 Å². The number of nitrogens with zero attached hydrogens (tertiary/aromatic N) is 3. The van der Waals surface area contributed by atoms with Gasteiger partial charge in [-0.2, -0.15) is 0 Å². The number of imidazole rings is 1. The Hall–Kier alpha value is -2.09. The van der Waals surface area contributed by atoms with Crippen LogP contribution in [-0.2, 0) is 4.79 Å². The molecule has 2 aromatic heterocycles. The van der Waals surface area contributed by atoms with Crippen molar-refractivity contribution in [1.82, 2.24) is 19.9 Å². The van der Waals surface area contributed by atoms with Gasteiger partial charge in [-0.25, -0.2) is 9.97 Å². The summed E-state index contributed by atoms with van der Waals surface area (Å²) in [6, 6.07) is 13.8. The standard InChI is InChI=1S/C21H19ClN4OS2/c22-14-5-6-15-17(11-14)25-21(24-15)28-12-19(27)26-9-7-13(8-10-26)20-23-16-3-1-2-4-18(16)29-20/h1-6,11,13H,7-10,12H2,(H,24,25). The molecule has 0 unspecified atom stereocenters. The number of halogens is 1. The molecule has 1 aliphatic rings. The summed E-state index contributed by atoms with van der Waals surface area (Å²) in [5.41, 5.74) is 2.83. The summed E-state index contributed by atoms with van der Waals surface area (Å²) in [6.45, 7) is 1.57. The van der Waals surface area contributed by atoms with Gasteiger partial charge in [-0.1, -0.05) is 35.5 Å². The first kappa shape index (κ1) is 18.9. The molecule has 5 rings (SSSR count). The molecule has 0 spiro atoms. The molecule has 1 aliphatic heterocycles. The molecule has 0 atom stereocenters. The highest BCUT2D eigenvalue weighted by molar-refractivity contribution is 7.99. The summed E-state index contributed by atoms with van der Waals surface area (Å²) in [5, 5.41) is 2.62. The minimum absolute atomic E-state index is 0.163. The molecule has 5 nitrogen and oxygen atoms in total. The molecular formula is C21H19ClN4OS2. The molecule has 3 heterocycles. The molecular weight excluding hydrogens is 424 g/mol. The lowest BCUT2D eigenvalue weighted by atomic mass is 9.97. The molecule has 8 heteroatoms. The van der Waals surface area contributed by atoms with Gasteiger partial charge < -0.3 is 9.88 Å². The van der Waals surface area contributed by atoms with Crippen LogP contribution in [0.3, 0.4) is 0 Å². The van der Waals surface area contributed by atoms with Gasteiger partial charge in [0, 0.05) is 24.0 Å². The van der Waals surface area contributed by atoms with Gasteiger partial charge in [0.15, 0.2) is 5.16 Å². The highest BCUT2D eigenvalue weighted by Gasteiger charge is 2.26. The number of carbonyl (C=O) groups is 1. The Morgan fingerprint density at radius 2 is 2.00 bits per heavy atom. The van der Waals surface area contributed by atoms with E-state index >= 15 is 0 Å². The van der Waals surface area contributed by atoms with E-state index < -0.39 is 0 Å². The van der Waals surface area contributed by atoms with Gasteiger partial charge >= 0.3 is 0 Å². The zero-order chi connectivity index (χ0) is 19.8. The molecule has 0 bridgehead atoms. The van der Waals surface area contributed by atoms with Crippen LogP contribution in [0.2, 0.25) is 5.02 Å². The maximum atomic E-state index is 12.7. The minimum Gasteiger partial charge on any atom is -0.342 e. The SMILES string of the molecule is O=C(CSc1nc2ccc(Cl)cc2[nH]1)N1CCC(c2nc3ccccc3s2)CC1. The van der Waals surface area contributed by atoms with Crippen LogP contribution in [0.25, 0.3) is 21.3 Å². The Labute approximate surface area is 181 Å². The second-order valence-electron chi connectivity index (χ2n) is 7.17. The third-order valence-corrected chi connectivity index (χ3v) is 7.55. The Balaban J connectivity index is 1.17. The summed E-state index contributed by atoms with van der Waals surface area (Å²) in [4.78, 5) is 27.2. The number of hydrogen-bond donors (Lipinski definition) is 1. The molecule has 0 aliphatic carbocycles. The van der Waals surface area contributed by atoms with Crippen LogP contribution in [0.1, 0.15) is 23.8 Å². The number of carbonyl (C=O) groups excluding carboxylic acids is 1. The zero-order valence-electron chi connectivity index (χ0n) is 15.6. The van der Waals surface area contributed by atoms with Crippen LogP contribution in [0, 0.1) is 0 Å². The van der Waals surface area contributed by atoms with E-state index in [1.54, 1.807) is 11.3 Å². The Bertz CT molecular complexity index is 1150. The number of piperidine rings is 1. The molecule has 0 saturated carbocycles. The monoisotopic (exact) mass is 442 g/mol. The van der Waals surface area contributed by atoms with Crippen molar-refractivity contribution in [2.45, 2.75) is 23.9 Å². The topological polar surface area (TPSA) is 61.9 Å². The van der Waals surface area contributed by atoms with Crippen molar-refractivity contribution in [2.75, 3.05) is 18.8 Å². The molecule has 4 aromatic rings. The molecule has 1 amide bonds. The van der Waals surface area contributed by atoms with E-state index in [2.05, 4.69) is 28.2 Å². The van der Waals surface area contributed by atoms with E-state index in [-0.39, 0.29) is 5.91 Å². The summed E-state index contributed by atoms with van der Waals surface area (Å²) < 4.78 is 1.24. The average molecular weight is 443 g/mol. The minimum atomic E-state index is 0.163. The number of H-pyrrole nitrogens is 1. The highest BCUT2D eigenvalue weighted by Crippen LogP contribution is 2.34. The summed E-state index contributed by atoms with van der Waals surface area (Å²) in [5.74, 6) is 1.000. The Morgan fingerprint density at radius 3 is 2.83 bits per heavy atom. The van der Waals surface area contributed by atoms with E-state index in [0.29, 0.717) is 16.7 Å². The van der Waals surface area contributed by atoms with Gasteiger partial charge in [-0.15, -0.1) is 11.3 Å². The zero-order valence-corrected chi connectivity index (χ0v) is 18.0. The van der Waals surface area contributed by atoms with Crippen LogP contribution in [0.15, 0.2) is 47.6 Å². The molecule has 0 radical (unpaired) electrons. The van der Waals surface area contributed by atoms with Crippen molar-refractivity contribution >= 4 is 61.9 Å². The third-order valence-electron chi connectivity index (χ3n) is 5.26. The van der Waals surface area contributed by atoms with E-state index in [9.17, 15) is 4.79 Å². The summed E-state index contributed by atoms with van der Waals surface area (Å²) in [6.07, 6.45) is 1.94. The number of amides is 1. The number of thioether (sulfide) groups is 1. The number of para-hydroxylation sites is 1. The van der Waals surface area contributed by atoms with Crippen molar-refractivity contribution < 1.29 is 4.79 Å². The van der Waals surface area contributed by atoms with Crippen LogP contribution >= 0.6 is 34.7 Å². The molecule has 1 N–H and O–H groups in total. The van der Waals surface area contributed by atoms with Crippen molar-refractivity contribution in [3.63, 3.8) is 0 Å².